The molecule has 0 saturated carbocycles. The highest BCUT2D eigenvalue weighted by molar-refractivity contribution is 5.76. The lowest BCUT2D eigenvalue weighted by Gasteiger charge is -2.08. The van der Waals surface area contributed by atoms with Gasteiger partial charge in [-0.15, -0.1) is 0 Å². The van der Waals surface area contributed by atoms with Crippen LogP contribution >= 0.6 is 0 Å². The molecular weight excluding hydrogens is 180 g/mol. The van der Waals surface area contributed by atoms with Crippen molar-refractivity contribution in [3.63, 3.8) is 0 Å². The van der Waals surface area contributed by atoms with Gasteiger partial charge in [-0.2, -0.15) is 0 Å². The van der Waals surface area contributed by atoms with Gasteiger partial charge >= 0.3 is 0 Å². The summed E-state index contributed by atoms with van der Waals surface area (Å²) in [7, 11) is 0. The van der Waals surface area contributed by atoms with E-state index in [4.69, 9.17) is 10.2 Å². The molecule has 1 heterocycles. The van der Waals surface area contributed by atoms with Gasteiger partial charge in [-0.3, -0.25) is 0 Å². The van der Waals surface area contributed by atoms with Crippen LogP contribution in [-0.4, -0.2) is 16.6 Å². The van der Waals surface area contributed by atoms with Gasteiger partial charge in [0.2, 0.25) is 0 Å². The second kappa shape index (κ2) is 3.40. The summed E-state index contributed by atoms with van der Waals surface area (Å²) in [5.74, 6) is 0. The number of hydrogen-bond donors (Lipinski definition) is 2. The standard InChI is InChI=1S/C10H12N2O2/c1-6-2-7(8(13)4-11)3-9-10(6)12-5-14-9/h2-3,5,8,13H,4,11H2,1H3. The average Bonchev–Trinajstić information content (AvgIpc) is 2.64. The SMILES string of the molecule is Cc1cc(C(O)CN)cc2ocnc12. The summed E-state index contributed by atoms with van der Waals surface area (Å²) in [6, 6.07) is 3.65. The zero-order chi connectivity index (χ0) is 10.1. The second-order valence-corrected chi connectivity index (χ2v) is 3.29. The van der Waals surface area contributed by atoms with Gasteiger partial charge in [-0.1, -0.05) is 6.07 Å². The van der Waals surface area contributed by atoms with Gasteiger partial charge in [0.25, 0.3) is 0 Å². The number of nitrogens with two attached hydrogens (primary N) is 1. The van der Waals surface area contributed by atoms with Crippen molar-refractivity contribution in [1.82, 2.24) is 4.98 Å². The van der Waals surface area contributed by atoms with Crippen LogP contribution in [0.5, 0.6) is 0 Å². The maximum absolute atomic E-state index is 9.56. The molecule has 1 aromatic heterocycles. The molecule has 0 spiro atoms. The van der Waals surface area contributed by atoms with Crippen LogP contribution < -0.4 is 5.73 Å². The Hall–Kier alpha value is -1.39. The number of aliphatic hydroxyl groups is 1. The Balaban J connectivity index is 2.58. The molecule has 3 N–H and O–H groups in total. The molecule has 2 aromatic rings. The normalized spacial score (nSPS) is 13.4. The summed E-state index contributed by atoms with van der Waals surface area (Å²) in [5.41, 5.74) is 8.65. The predicted octanol–water partition coefficient (Wildman–Crippen LogP) is 1.13. The molecule has 0 aliphatic heterocycles. The van der Waals surface area contributed by atoms with E-state index in [-0.39, 0.29) is 6.54 Å². The van der Waals surface area contributed by atoms with Gasteiger partial charge in [0.05, 0.1) is 6.10 Å². The third-order valence-corrected chi connectivity index (χ3v) is 2.26. The van der Waals surface area contributed by atoms with Crippen LogP contribution in [0.3, 0.4) is 0 Å². The highest BCUT2D eigenvalue weighted by Gasteiger charge is 2.10. The van der Waals surface area contributed by atoms with Gasteiger partial charge in [-0.25, -0.2) is 4.98 Å². The molecule has 74 valence electrons. The third-order valence-electron chi connectivity index (χ3n) is 2.26. The fourth-order valence-electron chi connectivity index (χ4n) is 1.49. The molecule has 0 amide bonds. The van der Waals surface area contributed by atoms with E-state index in [2.05, 4.69) is 4.98 Å². The number of aliphatic hydroxyl groups excluding tert-OH is 1. The Morgan fingerprint density at radius 3 is 3.07 bits per heavy atom. The fourth-order valence-corrected chi connectivity index (χ4v) is 1.49. The van der Waals surface area contributed by atoms with Crippen molar-refractivity contribution in [3.8, 4) is 0 Å². The predicted molar refractivity (Wildman–Crippen MR) is 52.8 cm³/mol. The lowest BCUT2D eigenvalue weighted by atomic mass is 10.1. The van der Waals surface area contributed by atoms with Crippen molar-refractivity contribution < 1.29 is 9.52 Å². The third kappa shape index (κ3) is 1.38. The number of oxazole rings is 1. The highest BCUT2D eigenvalue weighted by atomic mass is 16.3. The van der Waals surface area contributed by atoms with Crippen LogP contribution in [0.2, 0.25) is 0 Å². The number of nitrogens with zero attached hydrogens (tertiary/aromatic N) is 1. The zero-order valence-corrected chi connectivity index (χ0v) is 7.90. The second-order valence-electron chi connectivity index (χ2n) is 3.29. The molecular formula is C10H12N2O2. The molecule has 14 heavy (non-hydrogen) atoms. The number of aryl methyl sites for hydroxylation is 1. The fraction of sp³-hybridized carbons (Fsp3) is 0.300. The van der Waals surface area contributed by atoms with Crippen molar-refractivity contribution in [1.29, 1.82) is 0 Å². The first kappa shape index (κ1) is 9.18. The number of aromatic nitrogens is 1. The minimum Gasteiger partial charge on any atom is -0.443 e. The molecule has 4 nitrogen and oxygen atoms in total. The van der Waals surface area contributed by atoms with Crippen LogP contribution in [-0.2, 0) is 0 Å². The van der Waals surface area contributed by atoms with Crippen LogP contribution in [0.25, 0.3) is 11.1 Å². The molecule has 1 aromatic carbocycles. The van der Waals surface area contributed by atoms with E-state index in [1.165, 1.54) is 6.39 Å². The van der Waals surface area contributed by atoms with E-state index in [0.29, 0.717) is 5.58 Å². The summed E-state index contributed by atoms with van der Waals surface area (Å²) in [6.07, 6.45) is 0.763. The van der Waals surface area contributed by atoms with Crippen molar-refractivity contribution in [2.24, 2.45) is 5.73 Å². The lowest BCUT2D eigenvalue weighted by Crippen LogP contribution is -2.11. The smallest absolute Gasteiger partial charge is 0.181 e. The van der Waals surface area contributed by atoms with E-state index < -0.39 is 6.10 Å². The average molecular weight is 192 g/mol. The van der Waals surface area contributed by atoms with Gasteiger partial charge < -0.3 is 15.3 Å². The largest absolute Gasteiger partial charge is 0.443 e. The maximum atomic E-state index is 9.56. The van der Waals surface area contributed by atoms with E-state index >= 15 is 0 Å². The Labute approximate surface area is 81.4 Å². The summed E-state index contributed by atoms with van der Waals surface area (Å²) < 4.78 is 5.17. The number of hydrogen-bond acceptors (Lipinski definition) is 4. The summed E-state index contributed by atoms with van der Waals surface area (Å²) in [4.78, 5) is 4.06. The maximum Gasteiger partial charge on any atom is 0.181 e. The Morgan fingerprint density at radius 1 is 1.57 bits per heavy atom. The molecule has 0 fully saturated rings. The first-order valence-corrected chi connectivity index (χ1v) is 4.44. The summed E-state index contributed by atoms with van der Waals surface area (Å²) >= 11 is 0. The number of benzene rings is 1. The summed E-state index contributed by atoms with van der Waals surface area (Å²) in [5, 5.41) is 9.56. The monoisotopic (exact) mass is 192 g/mol. The quantitative estimate of drug-likeness (QED) is 0.748. The molecule has 1 unspecified atom stereocenters. The van der Waals surface area contributed by atoms with E-state index in [1.54, 1.807) is 6.07 Å². The van der Waals surface area contributed by atoms with Gasteiger partial charge in [0, 0.05) is 6.54 Å². The van der Waals surface area contributed by atoms with Crippen molar-refractivity contribution >= 4 is 11.1 Å². The molecule has 0 radical (unpaired) electrons. The van der Waals surface area contributed by atoms with Crippen LogP contribution in [0, 0.1) is 6.92 Å². The minimum absolute atomic E-state index is 0.207. The Kier molecular flexibility index (Phi) is 2.23. The van der Waals surface area contributed by atoms with E-state index in [9.17, 15) is 5.11 Å². The van der Waals surface area contributed by atoms with Crippen molar-refractivity contribution in [2.45, 2.75) is 13.0 Å². The molecule has 2 rings (SSSR count). The zero-order valence-electron chi connectivity index (χ0n) is 7.90. The molecule has 0 saturated heterocycles. The Morgan fingerprint density at radius 2 is 2.36 bits per heavy atom. The minimum atomic E-state index is -0.636. The van der Waals surface area contributed by atoms with E-state index in [0.717, 1.165) is 16.6 Å². The van der Waals surface area contributed by atoms with Crippen LogP contribution in [0.4, 0.5) is 0 Å². The first-order chi connectivity index (χ1) is 6.72. The highest BCUT2D eigenvalue weighted by Crippen LogP contribution is 2.22. The van der Waals surface area contributed by atoms with Crippen LogP contribution in [0.15, 0.2) is 22.9 Å². The molecule has 1 atom stereocenters. The van der Waals surface area contributed by atoms with Gasteiger partial charge in [-0.05, 0) is 24.1 Å². The molecule has 0 aliphatic rings. The summed E-state index contributed by atoms with van der Waals surface area (Å²) in [6.45, 7) is 2.14. The van der Waals surface area contributed by atoms with Crippen molar-refractivity contribution in [3.05, 3.63) is 29.7 Å². The van der Waals surface area contributed by atoms with Gasteiger partial charge in [0.15, 0.2) is 12.0 Å². The topological polar surface area (TPSA) is 72.3 Å². The Bertz CT molecular complexity index is 450. The lowest BCUT2D eigenvalue weighted by molar-refractivity contribution is 0.186. The molecule has 0 bridgehead atoms. The van der Waals surface area contributed by atoms with Gasteiger partial charge in [0.1, 0.15) is 5.52 Å². The molecule has 4 heteroatoms. The first-order valence-electron chi connectivity index (χ1n) is 4.44. The number of rotatable bonds is 2. The van der Waals surface area contributed by atoms with E-state index in [1.807, 2.05) is 13.0 Å². The van der Waals surface area contributed by atoms with Crippen LogP contribution in [0.1, 0.15) is 17.2 Å². The van der Waals surface area contributed by atoms with Crippen molar-refractivity contribution in [2.75, 3.05) is 6.54 Å². The molecule has 0 aliphatic carbocycles. The number of fused-ring (bicyclic) bond motifs is 1.